The number of carbonyl (C=O) groups excluding carboxylic acids is 1. The highest BCUT2D eigenvalue weighted by atomic mass is 19.4. The molecule has 0 bridgehead atoms. The number of aliphatic hydroxyl groups is 1. The standard InChI is InChI=1S/C27H33F3N2O3/c1-18-19(2)25(35-16-4-15-33)12-11-23(18)24-6-3-5-22-17-31(13-14-32(22)24)26(34)20-7-9-21(10-8-20)27(28,29)30/h7-12,22,24,33H,3-6,13-17H2,1-2H3/t22-,24?/m0/s1. The van der Waals surface area contributed by atoms with Gasteiger partial charge in [0.15, 0.2) is 0 Å². The van der Waals surface area contributed by atoms with Gasteiger partial charge in [0.2, 0.25) is 0 Å². The van der Waals surface area contributed by atoms with E-state index in [9.17, 15) is 18.0 Å². The zero-order valence-electron chi connectivity index (χ0n) is 20.3. The van der Waals surface area contributed by atoms with Crippen molar-refractivity contribution in [1.29, 1.82) is 0 Å². The highest BCUT2D eigenvalue weighted by Crippen LogP contribution is 2.39. The average molecular weight is 491 g/mol. The van der Waals surface area contributed by atoms with E-state index in [-0.39, 0.29) is 24.6 Å². The van der Waals surface area contributed by atoms with Gasteiger partial charge in [-0.2, -0.15) is 13.2 Å². The maximum atomic E-state index is 13.0. The number of carbonyl (C=O) groups is 1. The number of amides is 1. The Hall–Kier alpha value is -2.58. The molecule has 2 aliphatic heterocycles. The largest absolute Gasteiger partial charge is 0.493 e. The van der Waals surface area contributed by atoms with Crippen LogP contribution in [0.5, 0.6) is 5.75 Å². The van der Waals surface area contributed by atoms with Gasteiger partial charge >= 0.3 is 6.18 Å². The van der Waals surface area contributed by atoms with Gasteiger partial charge in [-0.05, 0) is 80.1 Å². The van der Waals surface area contributed by atoms with Crippen molar-refractivity contribution in [2.75, 3.05) is 32.8 Å². The number of ether oxygens (including phenoxy) is 1. The Morgan fingerprint density at radius 1 is 1.06 bits per heavy atom. The first-order chi connectivity index (χ1) is 16.7. The number of piperidine rings is 1. The third-order valence-corrected chi connectivity index (χ3v) is 7.39. The van der Waals surface area contributed by atoms with Crippen molar-refractivity contribution in [2.45, 2.75) is 57.8 Å². The van der Waals surface area contributed by atoms with E-state index in [0.717, 1.165) is 49.3 Å². The topological polar surface area (TPSA) is 53.0 Å². The average Bonchev–Trinajstić information content (AvgIpc) is 2.85. The first-order valence-corrected chi connectivity index (χ1v) is 12.3. The fourth-order valence-electron chi connectivity index (χ4n) is 5.33. The van der Waals surface area contributed by atoms with Gasteiger partial charge in [-0.3, -0.25) is 9.69 Å². The molecule has 190 valence electrons. The maximum absolute atomic E-state index is 13.0. The van der Waals surface area contributed by atoms with Crippen molar-refractivity contribution < 1.29 is 27.8 Å². The lowest BCUT2D eigenvalue weighted by molar-refractivity contribution is -0.137. The number of benzene rings is 2. The third kappa shape index (κ3) is 5.48. The van der Waals surface area contributed by atoms with Crippen LogP contribution in [0.3, 0.4) is 0 Å². The number of hydrogen-bond acceptors (Lipinski definition) is 4. The zero-order valence-corrected chi connectivity index (χ0v) is 20.3. The van der Waals surface area contributed by atoms with Gasteiger partial charge in [-0.1, -0.05) is 6.07 Å². The van der Waals surface area contributed by atoms with Crippen LogP contribution in [0.2, 0.25) is 0 Å². The molecule has 8 heteroatoms. The normalized spacial score (nSPS) is 21.0. The van der Waals surface area contributed by atoms with Crippen LogP contribution in [-0.4, -0.2) is 59.7 Å². The SMILES string of the molecule is Cc1c(OCCCO)ccc(C2CCC[C@H]3CN(C(=O)c4ccc(C(F)(F)F)cc4)CCN23)c1C. The minimum atomic E-state index is -4.41. The summed E-state index contributed by atoms with van der Waals surface area (Å²) in [7, 11) is 0. The van der Waals surface area contributed by atoms with E-state index in [2.05, 4.69) is 24.8 Å². The van der Waals surface area contributed by atoms with Crippen LogP contribution in [-0.2, 0) is 6.18 Å². The van der Waals surface area contributed by atoms with Crippen molar-refractivity contribution in [3.63, 3.8) is 0 Å². The van der Waals surface area contributed by atoms with Crippen molar-refractivity contribution in [3.05, 3.63) is 64.2 Å². The zero-order chi connectivity index (χ0) is 25.2. The smallest absolute Gasteiger partial charge is 0.416 e. The number of piperazine rings is 1. The van der Waals surface area contributed by atoms with E-state index in [1.54, 1.807) is 4.90 Å². The predicted molar refractivity (Wildman–Crippen MR) is 128 cm³/mol. The number of hydrogen-bond donors (Lipinski definition) is 1. The summed E-state index contributed by atoms with van der Waals surface area (Å²) in [5.41, 5.74) is 3.15. The summed E-state index contributed by atoms with van der Waals surface area (Å²) in [6.45, 7) is 6.63. The first kappa shape index (κ1) is 25.5. The summed E-state index contributed by atoms with van der Waals surface area (Å²) in [5.74, 6) is 0.635. The molecule has 2 aromatic rings. The minimum Gasteiger partial charge on any atom is -0.493 e. The Morgan fingerprint density at radius 3 is 2.49 bits per heavy atom. The van der Waals surface area contributed by atoms with Gasteiger partial charge in [0, 0.05) is 50.3 Å². The second-order valence-corrected chi connectivity index (χ2v) is 9.49. The summed E-state index contributed by atoms with van der Waals surface area (Å²) in [4.78, 5) is 17.3. The molecule has 1 amide bonds. The Morgan fingerprint density at radius 2 is 1.80 bits per heavy atom. The molecule has 2 aromatic carbocycles. The van der Waals surface area contributed by atoms with Gasteiger partial charge in [0.25, 0.3) is 5.91 Å². The molecule has 0 saturated carbocycles. The van der Waals surface area contributed by atoms with E-state index in [1.807, 2.05) is 6.07 Å². The van der Waals surface area contributed by atoms with Crippen LogP contribution in [0.1, 0.15) is 64.3 Å². The van der Waals surface area contributed by atoms with E-state index >= 15 is 0 Å². The highest BCUT2D eigenvalue weighted by molar-refractivity contribution is 5.94. The molecule has 35 heavy (non-hydrogen) atoms. The van der Waals surface area contributed by atoms with Crippen molar-refractivity contribution in [3.8, 4) is 5.75 Å². The lowest BCUT2D eigenvalue weighted by Crippen LogP contribution is -2.57. The van der Waals surface area contributed by atoms with Crippen molar-refractivity contribution in [1.82, 2.24) is 9.80 Å². The number of rotatable bonds is 6. The summed E-state index contributed by atoms with van der Waals surface area (Å²) in [6.07, 6.45) is -0.714. The molecule has 0 aromatic heterocycles. The monoisotopic (exact) mass is 490 g/mol. The molecule has 2 atom stereocenters. The Bertz CT molecular complexity index is 1040. The molecule has 2 saturated heterocycles. The molecular formula is C27H33F3N2O3. The van der Waals surface area contributed by atoms with Gasteiger partial charge < -0.3 is 14.7 Å². The maximum Gasteiger partial charge on any atom is 0.416 e. The third-order valence-electron chi connectivity index (χ3n) is 7.39. The quantitative estimate of drug-likeness (QED) is 0.570. The first-order valence-electron chi connectivity index (χ1n) is 12.3. The number of aliphatic hydroxyl groups excluding tert-OH is 1. The summed E-state index contributed by atoms with van der Waals surface area (Å²) >= 11 is 0. The fourth-order valence-corrected chi connectivity index (χ4v) is 5.33. The van der Waals surface area contributed by atoms with Gasteiger partial charge in [0.05, 0.1) is 12.2 Å². The van der Waals surface area contributed by atoms with Gasteiger partial charge in [0.1, 0.15) is 5.75 Å². The summed E-state index contributed by atoms with van der Waals surface area (Å²) in [5, 5.41) is 9.00. The number of halogens is 3. The Balaban J connectivity index is 1.45. The second-order valence-electron chi connectivity index (χ2n) is 9.49. The van der Waals surface area contributed by atoms with Crippen molar-refractivity contribution in [2.24, 2.45) is 0 Å². The van der Waals surface area contributed by atoms with E-state index in [0.29, 0.717) is 31.7 Å². The molecule has 2 fully saturated rings. The number of nitrogens with zero attached hydrogens (tertiary/aromatic N) is 2. The van der Waals surface area contributed by atoms with E-state index in [1.165, 1.54) is 23.3 Å². The van der Waals surface area contributed by atoms with Crippen LogP contribution in [0.4, 0.5) is 13.2 Å². The lowest BCUT2D eigenvalue weighted by Gasteiger charge is -2.49. The van der Waals surface area contributed by atoms with Crippen LogP contribution in [0.25, 0.3) is 0 Å². The fraction of sp³-hybridized carbons (Fsp3) is 0.519. The number of fused-ring (bicyclic) bond motifs is 1. The van der Waals surface area contributed by atoms with Gasteiger partial charge in [-0.15, -0.1) is 0 Å². The Kier molecular flexibility index (Phi) is 7.71. The van der Waals surface area contributed by atoms with Crippen LogP contribution < -0.4 is 4.74 Å². The lowest BCUT2D eigenvalue weighted by atomic mass is 9.86. The highest BCUT2D eigenvalue weighted by Gasteiger charge is 2.38. The molecule has 2 aliphatic rings. The molecule has 5 nitrogen and oxygen atoms in total. The molecule has 0 radical (unpaired) electrons. The van der Waals surface area contributed by atoms with E-state index < -0.39 is 11.7 Å². The molecule has 1 N–H and O–H groups in total. The van der Waals surface area contributed by atoms with Crippen LogP contribution in [0.15, 0.2) is 36.4 Å². The summed E-state index contributed by atoms with van der Waals surface area (Å²) in [6, 6.07) is 9.15. The van der Waals surface area contributed by atoms with Crippen molar-refractivity contribution >= 4 is 5.91 Å². The molecule has 0 spiro atoms. The summed E-state index contributed by atoms with van der Waals surface area (Å²) < 4.78 is 44.4. The Labute approximate surface area is 204 Å². The van der Waals surface area contributed by atoms with Crippen LogP contribution in [0, 0.1) is 13.8 Å². The molecule has 1 unspecified atom stereocenters. The molecule has 0 aliphatic carbocycles. The van der Waals surface area contributed by atoms with Gasteiger partial charge in [-0.25, -0.2) is 0 Å². The molecule has 2 heterocycles. The molecule has 4 rings (SSSR count). The molecular weight excluding hydrogens is 457 g/mol. The minimum absolute atomic E-state index is 0.104. The number of alkyl halides is 3. The predicted octanol–water partition coefficient (Wildman–Crippen LogP) is 5.14. The van der Waals surface area contributed by atoms with Crippen LogP contribution >= 0.6 is 0 Å². The second kappa shape index (κ2) is 10.6. The van der Waals surface area contributed by atoms with E-state index in [4.69, 9.17) is 9.84 Å².